The molecule has 1 aromatic heterocycles. The fourth-order valence-corrected chi connectivity index (χ4v) is 5.05. The number of hydrogen-bond donors (Lipinski definition) is 2. The molecule has 5 nitrogen and oxygen atoms in total. The molecule has 0 spiro atoms. The fourth-order valence-electron chi connectivity index (χ4n) is 1.14. The average molecular weight is 374 g/mol. The molecule has 0 fully saturated rings. The number of nitrogens with one attached hydrogen (secondary N) is 1. The molecule has 1 aromatic rings. The van der Waals surface area contributed by atoms with Gasteiger partial charge in [-0.05, 0) is 40.4 Å². The maximum atomic E-state index is 11.9. The number of carboxylic acid groups (broad SMARTS) is 1. The fraction of sp³-hybridized carbons (Fsp3) is 0.444. The molecule has 0 atom stereocenters. The molecule has 2 N–H and O–H groups in total. The Labute approximate surface area is 122 Å². The molecule has 0 aliphatic carbocycles. The lowest BCUT2D eigenvalue weighted by Crippen LogP contribution is -2.25. The standard InChI is InChI=1S/C9H12BrNO4S3/c1-16-4-2-3-11-18(14,15)7-5-6(9(12)13)17-8(7)10/h5,11H,2-4H2,1H3,(H,12,13). The lowest BCUT2D eigenvalue weighted by molar-refractivity contribution is 0.0702. The van der Waals surface area contributed by atoms with E-state index >= 15 is 0 Å². The third-order valence-electron chi connectivity index (χ3n) is 1.97. The van der Waals surface area contributed by atoms with Crippen molar-refractivity contribution in [1.82, 2.24) is 4.72 Å². The van der Waals surface area contributed by atoms with Crippen LogP contribution in [0.4, 0.5) is 0 Å². The van der Waals surface area contributed by atoms with Crippen molar-refractivity contribution in [2.45, 2.75) is 11.3 Å². The van der Waals surface area contributed by atoms with E-state index in [0.717, 1.165) is 29.6 Å². The van der Waals surface area contributed by atoms with E-state index in [1.54, 1.807) is 11.8 Å². The first kappa shape index (κ1) is 16.0. The third-order valence-corrected chi connectivity index (χ3v) is 6.37. The Kier molecular flexibility index (Phi) is 6.12. The summed E-state index contributed by atoms with van der Waals surface area (Å²) in [7, 11) is -3.64. The van der Waals surface area contributed by atoms with Crippen LogP contribution in [0.25, 0.3) is 0 Å². The van der Waals surface area contributed by atoms with E-state index in [2.05, 4.69) is 20.7 Å². The number of thioether (sulfide) groups is 1. The minimum Gasteiger partial charge on any atom is -0.477 e. The monoisotopic (exact) mass is 373 g/mol. The molecule has 0 aromatic carbocycles. The largest absolute Gasteiger partial charge is 0.477 e. The normalized spacial score (nSPS) is 11.7. The van der Waals surface area contributed by atoms with E-state index < -0.39 is 16.0 Å². The summed E-state index contributed by atoms with van der Waals surface area (Å²) in [4.78, 5) is 10.7. The van der Waals surface area contributed by atoms with Crippen LogP contribution in [0.3, 0.4) is 0 Å². The SMILES string of the molecule is CSCCCNS(=O)(=O)c1cc(C(=O)O)sc1Br. The van der Waals surface area contributed by atoms with Gasteiger partial charge in [0.2, 0.25) is 10.0 Å². The Morgan fingerprint density at radius 2 is 2.28 bits per heavy atom. The minimum absolute atomic E-state index is 0.00800. The molecule has 0 saturated carbocycles. The summed E-state index contributed by atoms with van der Waals surface area (Å²) in [6, 6.07) is 1.16. The summed E-state index contributed by atoms with van der Waals surface area (Å²) >= 11 is 5.60. The number of carbonyl (C=O) groups is 1. The van der Waals surface area contributed by atoms with Gasteiger partial charge in [0, 0.05) is 6.54 Å². The molecule has 0 amide bonds. The zero-order chi connectivity index (χ0) is 13.8. The van der Waals surface area contributed by atoms with Gasteiger partial charge in [0.15, 0.2) is 0 Å². The Morgan fingerprint density at radius 1 is 1.61 bits per heavy atom. The van der Waals surface area contributed by atoms with Crippen LogP contribution in [0.15, 0.2) is 14.7 Å². The van der Waals surface area contributed by atoms with Gasteiger partial charge in [0.05, 0.1) is 3.79 Å². The lowest BCUT2D eigenvalue weighted by atomic mass is 10.5. The van der Waals surface area contributed by atoms with Crippen molar-refractivity contribution in [2.75, 3.05) is 18.6 Å². The number of halogens is 1. The van der Waals surface area contributed by atoms with Gasteiger partial charge in [-0.1, -0.05) is 0 Å². The molecule has 1 rings (SSSR count). The second-order valence-electron chi connectivity index (χ2n) is 3.30. The average Bonchev–Trinajstić information content (AvgIpc) is 2.68. The van der Waals surface area contributed by atoms with E-state index in [1.165, 1.54) is 0 Å². The second kappa shape index (κ2) is 6.90. The summed E-state index contributed by atoms with van der Waals surface area (Å²) in [5, 5.41) is 8.81. The molecule has 0 aliphatic heterocycles. The molecule has 102 valence electrons. The molecule has 0 saturated heterocycles. The number of aromatic carboxylic acids is 1. The molecule has 0 aliphatic rings. The zero-order valence-corrected chi connectivity index (χ0v) is 13.5. The number of carboxylic acids is 1. The highest BCUT2D eigenvalue weighted by Crippen LogP contribution is 2.31. The van der Waals surface area contributed by atoms with Gasteiger partial charge < -0.3 is 5.11 Å². The van der Waals surface area contributed by atoms with Crippen molar-refractivity contribution in [3.8, 4) is 0 Å². The van der Waals surface area contributed by atoms with Crippen LogP contribution in [0.2, 0.25) is 0 Å². The Morgan fingerprint density at radius 3 is 2.78 bits per heavy atom. The van der Waals surface area contributed by atoms with Gasteiger partial charge in [-0.3, -0.25) is 0 Å². The maximum absolute atomic E-state index is 11.9. The predicted molar refractivity (Wildman–Crippen MR) is 77.2 cm³/mol. The van der Waals surface area contributed by atoms with Gasteiger partial charge in [-0.25, -0.2) is 17.9 Å². The van der Waals surface area contributed by atoms with Crippen molar-refractivity contribution >= 4 is 55.0 Å². The van der Waals surface area contributed by atoms with Gasteiger partial charge in [0.25, 0.3) is 0 Å². The second-order valence-corrected chi connectivity index (χ2v) is 8.39. The van der Waals surface area contributed by atoms with E-state index in [1.807, 2.05) is 6.26 Å². The van der Waals surface area contributed by atoms with Crippen molar-refractivity contribution in [1.29, 1.82) is 0 Å². The van der Waals surface area contributed by atoms with Gasteiger partial charge in [-0.15, -0.1) is 11.3 Å². The summed E-state index contributed by atoms with van der Waals surface area (Å²) < 4.78 is 26.6. The number of sulfonamides is 1. The van der Waals surface area contributed by atoms with Crippen LogP contribution in [-0.4, -0.2) is 38.0 Å². The quantitative estimate of drug-likeness (QED) is 0.716. The molecular formula is C9H12BrNO4S3. The number of hydrogen-bond acceptors (Lipinski definition) is 5. The highest BCUT2D eigenvalue weighted by molar-refractivity contribution is 9.11. The summed E-state index contributed by atoms with van der Waals surface area (Å²) in [5.41, 5.74) is 0. The number of thiophene rings is 1. The van der Waals surface area contributed by atoms with Gasteiger partial charge in [-0.2, -0.15) is 11.8 Å². The smallest absolute Gasteiger partial charge is 0.345 e. The highest BCUT2D eigenvalue weighted by Gasteiger charge is 2.22. The lowest BCUT2D eigenvalue weighted by Gasteiger charge is -2.04. The van der Waals surface area contributed by atoms with E-state index in [0.29, 0.717) is 10.3 Å². The molecule has 9 heteroatoms. The van der Waals surface area contributed by atoms with Crippen LogP contribution < -0.4 is 4.72 Å². The van der Waals surface area contributed by atoms with Crippen molar-refractivity contribution in [3.63, 3.8) is 0 Å². The van der Waals surface area contributed by atoms with E-state index in [9.17, 15) is 13.2 Å². The van der Waals surface area contributed by atoms with E-state index in [4.69, 9.17) is 5.11 Å². The third kappa shape index (κ3) is 4.23. The van der Waals surface area contributed by atoms with Crippen LogP contribution in [-0.2, 0) is 10.0 Å². The molecule has 0 radical (unpaired) electrons. The molecule has 18 heavy (non-hydrogen) atoms. The molecular weight excluding hydrogens is 362 g/mol. The Hall–Kier alpha value is -0.0900. The van der Waals surface area contributed by atoms with E-state index in [-0.39, 0.29) is 9.77 Å². The molecule has 1 heterocycles. The van der Waals surface area contributed by atoms with Crippen LogP contribution in [0.1, 0.15) is 16.1 Å². The van der Waals surface area contributed by atoms with Crippen LogP contribution in [0, 0.1) is 0 Å². The summed E-state index contributed by atoms with van der Waals surface area (Å²) in [6.45, 7) is 0.341. The Bertz CT molecular complexity index is 526. The minimum atomic E-state index is -3.64. The van der Waals surface area contributed by atoms with Crippen LogP contribution >= 0.6 is 39.0 Å². The first-order valence-corrected chi connectivity index (χ1v) is 9.38. The Balaban J connectivity index is 2.81. The maximum Gasteiger partial charge on any atom is 0.345 e. The van der Waals surface area contributed by atoms with Gasteiger partial charge >= 0.3 is 5.97 Å². The van der Waals surface area contributed by atoms with Crippen molar-refractivity contribution in [2.24, 2.45) is 0 Å². The van der Waals surface area contributed by atoms with Gasteiger partial charge in [0.1, 0.15) is 9.77 Å². The topological polar surface area (TPSA) is 83.5 Å². The molecule has 0 unspecified atom stereocenters. The predicted octanol–water partition coefficient (Wildman–Crippen LogP) is 2.24. The summed E-state index contributed by atoms with van der Waals surface area (Å²) in [5.74, 6) is -0.266. The first-order chi connectivity index (χ1) is 8.38. The first-order valence-electron chi connectivity index (χ1n) is 4.89. The number of rotatable bonds is 7. The van der Waals surface area contributed by atoms with Crippen LogP contribution in [0.5, 0.6) is 0 Å². The van der Waals surface area contributed by atoms with Crippen molar-refractivity contribution in [3.05, 3.63) is 14.7 Å². The zero-order valence-electron chi connectivity index (χ0n) is 9.47. The van der Waals surface area contributed by atoms with Crippen molar-refractivity contribution < 1.29 is 18.3 Å². The summed E-state index contributed by atoms with van der Waals surface area (Å²) in [6.07, 6.45) is 2.68. The molecule has 0 bridgehead atoms. The highest BCUT2D eigenvalue weighted by atomic mass is 79.9.